The van der Waals surface area contributed by atoms with Crippen LogP contribution in [-0.4, -0.2) is 16.0 Å². The number of nitrogens with one attached hydrogen (secondary N) is 1. The van der Waals surface area contributed by atoms with Gasteiger partial charge < -0.3 is 9.84 Å². The monoisotopic (exact) mass is 307 g/mol. The second-order valence-electron chi connectivity index (χ2n) is 5.21. The van der Waals surface area contributed by atoms with E-state index >= 15 is 0 Å². The lowest BCUT2D eigenvalue weighted by Crippen LogP contribution is -2.13. The van der Waals surface area contributed by atoms with Crippen LogP contribution in [-0.2, 0) is 6.42 Å². The van der Waals surface area contributed by atoms with Crippen LogP contribution in [0.3, 0.4) is 0 Å². The largest absolute Gasteiger partial charge is 0.360 e. The predicted octanol–water partition coefficient (Wildman–Crippen LogP) is 3.86. The third kappa shape index (κ3) is 3.13. The number of carbonyl (C=O) groups is 1. The molecule has 23 heavy (non-hydrogen) atoms. The molecule has 0 aliphatic rings. The zero-order valence-corrected chi connectivity index (χ0v) is 13.0. The van der Waals surface area contributed by atoms with Gasteiger partial charge in [0.05, 0.1) is 0 Å². The van der Waals surface area contributed by atoms with Gasteiger partial charge in [-0.05, 0) is 43.2 Å². The van der Waals surface area contributed by atoms with Gasteiger partial charge in [-0.2, -0.15) is 0 Å². The molecule has 0 bridgehead atoms. The van der Waals surface area contributed by atoms with Gasteiger partial charge in [0.15, 0.2) is 0 Å². The van der Waals surface area contributed by atoms with E-state index in [1.54, 1.807) is 25.4 Å². The molecule has 0 aliphatic heterocycles. The van der Waals surface area contributed by atoms with Crippen LogP contribution in [0.5, 0.6) is 0 Å². The Bertz CT molecular complexity index is 808. The predicted molar refractivity (Wildman–Crippen MR) is 88.2 cm³/mol. The van der Waals surface area contributed by atoms with Gasteiger partial charge in [0.2, 0.25) is 0 Å². The quantitative estimate of drug-likeness (QED) is 0.794. The van der Waals surface area contributed by atoms with Crippen molar-refractivity contribution in [3.8, 4) is 11.3 Å². The van der Waals surface area contributed by atoms with Crippen molar-refractivity contribution in [1.29, 1.82) is 0 Å². The molecule has 5 nitrogen and oxygen atoms in total. The molecule has 0 spiro atoms. The van der Waals surface area contributed by atoms with Crippen LogP contribution >= 0.6 is 0 Å². The average molecular weight is 307 g/mol. The summed E-state index contributed by atoms with van der Waals surface area (Å²) in [7, 11) is 0. The number of nitrogens with zero attached hydrogens (tertiary/aromatic N) is 2. The molecule has 0 atom stereocenters. The van der Waals surface area contributed by atoms with Crippen molar-refractivity contribution in [2.24, 2.45) is 0 Å². The third-order valence-electron chi connectivity index (χ3n) is 3.64. The van der Waals surface area contributed by atoms with Crippen LogP contribution in [0.25, 0.3) is 11.3 Å². The molecule has 5 heteroatoms. The Kier molecular flexibility index (Phi) is 4.19. The highest BCUT2D eigenvalue weighted by Gasteiger charge is 2.21. The van der Waals surface area contributed by atoms with Gasteiger partial charge in [0, 0.05) is 23.6 Å². The van der Waals surface area contributed by atoms with E-state index < -0.39 is 0 Å². The van der Waals surface area contributed by atoms with Gasteiger partial charge >= 0.3 is 0 Å². The highest BCUT2D eigenvalue weighted by molar-refractivity contribution is 6.08. The molecule has 0 unspecified atom stereocenters. The molecular weight excluding hydrogens is 290 g/mol. The summed E-state index contributed by atoms with van der Waals surface area (Å²) in [4.78, 5) is 16.7. The summed E-state index contributed by atoms with van der Waals surface area (Å²) in [5.74, 6) is 0.235. The summed E-state index contributed by atoms with van der Waals surface area (Å²) in [6, 6.07) is 11.4. The van der Waals surface area contributed by atoms with Crippen molar-refractivity contribution in [2.45, 2.75) is 20.3 Å². The lowest BCUT2D eigenvalue weighted by atomic mass is 10.1. The third-order valence-corrected chi connectivity index (χ3v) is 3.64. The minimum absolute atomic E-state index is 0.244. The van der Waals surface area contributed by atoms with Crippen LogP contribution in [0.4, 0.5) is 5.69 Å². The summed E-state index contributed by atoms with van der Waals surface area (Å²) in [6.45, 7) is 3.82. The highest BCUT2D eigenvalue weighted by atomic mass is 16.5. The van der Waals surface area contributed by atoms with Crippen molar-refractivity contribution in [3.05, 3.63) is 65.7 Å². The summed E-state index contributed by atoms with van der Waals surface area (Å²) in [5, 5.41) is 6.89. The van der Waals surface area contributed by atoms with Gasteiger partial charge in [-0.1, -0.05) is 24.2 Å². The topological polar surface area (TPSA) is 68.0 Å². The van der Waals surface area contributed by atoms with Crippen LogP contribution in [0.2, 0.25) is 0 Å². The lowest BCUT2D eigenvalue weighted by Gasteiger charge is -2.06. The van der Waals surface area contributed by atoms with Crippen LogP contribution in [0, 0.1) is 6.92 Å². The Morgan fingerprint density at radius 1 is 1.22 bits per heavy atom. The molecule has 0 aliphatic carbocycles. The fourth-order valence-electron chi connectivity index (χ4n) is 2.36. The van der Waals surface area contributed by atoms with Crippen molar-refractivity contribution < 1.29 is 9.32 Å². The minimum Gasteiger partial charge on any atom is -0.360 e. The minimum atomic E-state index is -0.244. The number of carbonyl (C=O) groups excluding carboxylic acids is 1. The van der Waals surface area contributed by atoms with Crippen molar-refractivity contribution >= 4 is 11.6 Å². The van der Waals surface area contributed by atoms with E-state index in [1.165, 1.54) is 5.56 Å². The van der Waals surface area contributed by atoms with E-state index in [-0.39, 0.29) is 5.91 Å². The number of benzene rings is 1. The van der Waals surface area contributed by atoms with Crippen LogP contribution in [0.15, 0.2) is 53.3 Å². The van der Waals surface area contributed by atoms with E-state index in [2.05, 4.69) is 22.4 Å². The molecule has 116 valence electrons. The summed E-state index contributed by atoms with van der Waals surface area (Å²) < 4.78 is 5.21. The van der Waals surface area contributed by atoms with Crippen molar-refractivity contribution in [3.63, 3.8) is 0 Å². The van der Waals surface area contributed by atoms with Gasteiger partial charge in [0.25, 0.3) is 5.91 Å². The lowest BCUT2D eigenvalue weighted by molar-refractivity contribution is 0.102. The molecule has 2 aromatic heterocycles. The molecule has 1 amide bonds. The summed E-state index contributed by atoms with van der Waals surface area (Å²) in [6.07, 6.45) is 4.29. The first kappa shape index (κ1) is 15.0. The number of hydrogen-bond acceptors (Lipinski definition) is 4. The molecule has 3 rings (SSSR count). The summed E-state index contributed by atoms with van der Waals surface area (Å²) in [5.41, 5.74) is 3.64. The average Bonchev–Trinajstić information content (AvgIpc) is 2.98. The first-order valence-corrected chi connectivity index (χ1v) is 7.46. The Morgan fingerprint density at radius 3 is 2.65 bits per heavy atom. The number of hydrogen-bond donors (Lipinski definition) is 1. The number of anilines is 1. The van der Waals surface area contributed by atoms with Crippen molar-refractivity contribution in [2.75, 3.05) is 5.32 Å². The van der Waals surface area contributed by atoms with Gasteiger partial charge in [-0.15, -0.1) is 0 Å². The van der Waals surface area contributed by atoms with Crippen LogP contribution in [0.1, 0.15) is 28.6 Å². The first-order valence-electron chi connectivity index (χ1n) is 7.46. The molecule has 0 fully saturated rings. The second-order valence-corrected chi connectivity index (χ2v) is 5.21. The maximum absolute atomic E-state index is 12.6. The molecule has 1 N–H and O–H groups in total. The number of rotatable bonds is 4. The number of aryl methyl sites for hydroxylation is 2. The fraction of sp³-hybridized carbons (Fsp3) is 0.167. The normalized spacial score (nSPS) is 10.5. The molecule has 0 radical (unpaired) electrons. The highest BCUT2D eigenvalue weighted by Crippen LogP contribution is 2.25. The Morgan fingerprint density at radius 2 is 2.00 bits per heavy atom. The Labute approximate surface area is 134 Å². The molecule has 3 aromatic rings. The van der Waals surface area contributed by atoms with E-state index in [4.69, 9.17) is 4.52 Å². The Balaban J connectivity index is 1.89. The van der Waals surface area contributed by atoms with E-state index in [0.29, 0.717) is 17.0 Å². The van der Waals surface area contributed by atoms with Crippen LogP contribution < -0.4 is 5.32 Å². The molecule has 2 heterocycles. The zero-order chi connectivity index (χ0) is 16.2. The number of pyridine rings is 1. The molecule has 1 aromatic carbocycles. The van der Waals surface area contributed by atoms with Gasteiger partial charge in [-0.3, -0.25) is 9.78 Å². The SMILES string of the molecule is CCc1ccc(NC(=O)c2c(-c3cccnc3)noc2C)cc1. The molecule has 0 saturated carbocycles. The van der Waals surface area contributed by atoms with Crippen molar-refractivity contribution in [1.82, 2.24) is 10.1 Å². The van der Waals surface area contributed by atoms with Gasteiger partial charge in [0.1, 0.15) is 17.0 Å². The first-order chi connectivity index (χ1) is 11.2. The maximum Gasteiger partial charge on any atom is 0.261 e. The standard InChI is InChI=1S/C18H17N3O2/c1-3-13-6-8-15(9-7-13)20-18(22)16-12(2)23-21-17(16)14-5-4-10-19-11-14/h4-11H,3H2,1-2H3,(H,20,22). The van der Waals surface area contributed by atoms with Gasteiger partial charge in [-0.25, -0.2) is 0 Å². The fourth-order valence-corrected chi connectivity index (χ4v) is 2.36. The molecular formula is C18H17N3O2. The van der Waals surface area contributed by atoms with E-state index in [0.717, 1.165) is 17.7 Å². The number of aromatic nitrogens is 2. The smallest absolute Gasteiger partial charge is 0.261 e. The second kappa shape index (κ2) is 6.44. The Hall–Kier alpha value is -2.95. The maximum atomic E-state index is 12.6. The van der Waals surface area contributed by atoms with E-state index in [9.17, 15) is 4.79 Å². The summed E-state index contributed by atoms with van der Waals surface area (Å²) >= 11 is 0. The molecule has 0 saturated heterocycles. The zero-order valence-electron chi connectivity index (χ0n) is 13.0. The number of amides is 1. The van der Waals surface area contributed by atoms with E-state index in [1.807, 2.05) is 30.3 Å².